The molecule has 5 nitrogen and oxygen atoms in total. The average molecular weight is 325 g/mol. The lowest BCUT2D eigenvalue weighted by Crippen LogP contribution is -2.50. The molecule has 3 fully saturated rings. The SMILES string of the molecule is COCCC(=O)N1CCC2(CCOC[C@H]2COCC2CC2)CC1. The van der Waals surface area contributed by atoms with E-state index in [-0.39, 0.29) is 5.91 Å². The summed E-state index contributed by atoms with van der Waals surface area (Å²) in [5.74, 6) is 1.54. The number of hydrogen-bond donors (Lipinski definition) is 0. The van der Waals surface area contributed by atoms with E-state index in [1.54, 1.807) is 7.11 Å². The van der Waals surface area contributed by atoms with Gasteiger partial charge in [0, 0.05) is 39.3 Å². The minimum absolute atomic E-state index is 0.232. The highest BCUT2D eigenvalue weighted by Gasteiger charge is 2.44. The lowest BCUT2D eigenvalue weighted by Gasteiger charge is -2.49. The van der Waals surface area contributed by atoms with Crippen molar-refractivity contribution in [1.29, 1.82) is 0 Å². The molecule has 1 spiro atoms. The Bertz CT molecular complexity index is 388. The third-order valence-corrected chi connectivity index (χ3v) is 5.93. The van der Waals surface area contributed by atoms with E-state index < -0.39 is 0 Å². The van der Waals surface area contributed by atoms with Crippen molar-refractivity contribution < 1.29 is 19.0 Å². The average Bonchev–Trinajstić information content (AvgIpc) is 3.39. The van der Waals surface area contributed by atoms with E-state index in [2.05, 4.69) is 0 Å². The van der Waals surface area contributed by atoms with Gasteiger partial charge in [-0.2, -0.15) is 0 Å². The smallest absolute Gasteiger partial charge is 0.224 e. The molecule has 0 N–H and O–H groups in total. The summed E-state index contributed by atoms with van der Waals surface area (Å²) in [4.78, 5) is 14.2. The number of amides is 1. The van der Waals surface area contributed by atoms with Crippen molar-refractivity contribution in [2.45, 2.75) is 38.5 Å². The van der Waals surface area contributed by atoms with Crippen molar-refractivity contribution in [3.63, 3.8) is 0 Å². The summed E-state index contributed by atoms with van der Waals surface area (Å²) >= 11 is 0. The van der Waals surface area contributed by atoms with Gasteiger partial charge in [0.25, 0.3) is 0 Å². The van der Waals surface area contributed by atoms with Gasteiger partial charge in [-0.25, -0.2) is 0 Å². The molecule has 1 atom stereocenters. The molecule has 0 bridgehead atoms. The minimum atomic E-state index is 0.232. The predicted octanol–water partition coefficient (Wildman–Crippen LogP) is 2.09. The van der Waals surface area contributed by atoms with Gasteiger partial charge in [-0.05, 0) is 43.4 Å². The van der Waals surface area contributed by atoms with E-state index >= 15 is 0 Å². The van der Waals surface area contributed by atoms with Crippen LogP contribution in [0, 0.1) is 17.3 Å². The summed E-state index contributed by atoms with van der Waals surface area (Å²) in [5, 5.41) is 0. The standard InChI is InChI=1S/C18H31NO4/c1-21-10-4-17(20)19-8-5-18(6-9-19)7-11-22-13-16(18)14-23-12-15-2-3-15/h15-16H,2-14H2,1H3/t16-/m0/s1. The van der Waals surface area contributed by atoms with Gasteiger partial charge in [-0.3, -0.25) is 4.79 Å². The molecule has 132 valence electrons. The fraction of sp³-hybridized carbons (Fsp3) is 0.944. The molecule has 0 aromatic carbocycles. The van der Waals surface area contributed by atoms with E-state index in [9.17, 15) is 4.79 Å². The van der Waals surface area contributed by atoms with Crippen LogP contribution in [0.5, 0.6) is 0 Å². The molecule has 1 amide bonds. The maximum Gasteiger partial charge on any atom is 0.224 e. The van der Waals surface area contributed by atoms with Crippen LogP contribution in [0.1, 0.15) is 38.5 Å². The highest BCUT2D eigenvalue weighted by atomic mass is 16.5. The number of carbonyl (C=O) groups excluding carboxylic acids is 1. The van der Waals surface area contributed by atoms with Gasteiger partial charge in [0.2, 0.25) is 5.91 Å². The lowest BCUT2D eigenvalue weighted by atomic mass is 9.66. The first kappa shape index (κ1) is 17.2. The van der Waals surface area contributed by atoms with E-state index in [0.717, 1.165) is 64.7 Å². The Morgan fingerprint density at radius 1 is 1.22 bits per heavy atom. The Balaban J connectivity index is 1.49. The fourth-order valence-corrected chi connectivity index (χ4v) is 3.98. The normalized spacial score (nSPS) is 27.3. The molecule has 0 aromatic heterocycles. The van der Waals surface area contributed by atoms with Crippen molar-refractivity contribution in [1.82, 2.24) is 4.90 Å². The molecule has 3 rings (SSSR count). The number of nitrogens with zero attached hydrogens (tertiary/aromatic N) is 1. The van der Waals surface area contributed by atoms with Crippen LogP contribution in [0.15, 0.2) is 0 Å². The summed E-state index contributed by atoms with van der Waals surface area (Å²) in [6.07, 6.45) is 6.47. The van der Waals surface area contributed by atoms with Gasteiger partial charge in [0.15, 0.2) is 0 Å². The number of piperidine rings is 1. The molecule has 0 unspecified atom stereocenters. The third-order valence-electron chi connectivity index (χ3n) is 5.93. The van der Waals surface area contributed by atoms with Crippen LogP contribution in [0.4, 0.5) is 0 Å². The van der Waals surface area contributed by atoms with Gasteiger partial charge in [0.1, 0.15) is 0 Å². The zero-order valence-corrected chi connectivity index (χ0v) is 14.4. The minimum Gasteiger partial charge on any atom is -0.384 e. The van der Waals surface area contributed by atoms with Crippen LogP contribution in [0.2, 0.25) is 0 Å². The maximum atomic E-state index is 12.2. The Kier molecular flexibility index (Phi) is 5.94. The molecule has 2 aliphatic heterocycles. The van der Waals surface area contributed by atoms with E-state index in [1.807, 2.05) is 4.90 Å². The van der Waals surface area contributed by atoms with Crippen LogP contribution in [-0.4, -0.2) is 64.0 Å². The highest BCUT2D eigenvalue weighted by molar-refractivity contribution is 5.76. The van der Waals surface area contributed by atoms with Crippen LogP contribution in [-0.2, 0) is 19.0 Å². The second-order valence-corrected chi connectivity index (χ2v) is 7.49. The number of ether oxygens (including phenoxy) is 3. The molecule has 5 heteroatoms. The van der Waals surface area contributed by atoms with E-state index in [1.165, 1.54) is 12.8 Å². The zero-order valence-electron chi connectivity index (χ0n) is 14.4. The van der Waals surface area contributed by atoms with Gasteiger partial charge >= 0.3 is 0 Å². The topological polar surface area (TPSA) is 48.0 Å². The molecule has 3 aliphatic rings. The number of methoxy groups -OCH3 is 1. The van der Waals surface area contributed by atoms with Gasteiger partial charge in [-0.1, -0.05) is 0 Å². The van der Waals surface area contributed by atoms with Gasteiger partial charge in [-0.15, -0.1) is 0 Å². The van der Waals surface area contributed by atoms with Crippen LogP contribution in [0.25, 0.3) is 0 Å². The first-order valence-electron chi connectivity index (χ1n) is 9.16. The summed E-state index contributed by atoms with van der Waals surface area (Å²) in [6.45, 7) is 5.71. The molecular weight excluding hydrogens is 294 g/mol. The molecule has 1 aliphatic carbocycles. The number of rotatable bonds is 7. The Hall–Kier alpha value is -0.650. The third kappa shape index (κ3) is 4.46. The molecular formula is C18H31NO4. The molecule has 23 heavy (non-hydrogen) atoms. The van der Waals surface area contributed by atoms with Crippen molar-refractivity contribution in [3.05, 3.63) is 0 Å². The quantitative estimate of drug-likeness (QED) is 0.719. The van der Waals surface area contributed by atoms with E-state index in [0.29, 0.717) is 24.4 Å². The molecule has 0 aromatic rings. The highest BCUT2D eigenvalue weighted by Crippen LogP contribution is 2.45. The molecule has 2 saturated heterocycles. The molecule has 0 radical (unpaired) electrons. The largest absolute Gasteiger partial charge is 0.384 e. The fourth-order valence-electron chi connectivity index (χ4n) is 3.98. The van der Waals surface area contributed by atoms with Crippen LogP contribution < -0.4 is 0 Å². The van der Waals surface area contributed by atoms with Crippen molar-refractivity contribution in [3.8, 4) is 0 Å². The lowest BCUT2D eigenvalue weighted by molar-refractivity contribution is -0.139. The van der Waals surface area contributed by atoms with E-state index in [4.69, 9.17) is 14.2 Å². The Morgan fingerprint density at radius 2 is 2.00 bits per heavy atom. The van der Waals surface area contributed by atoms with Crippen LogP contribution in [0.3, 0.4) is 0 Å². The summed E-state index contributed by atoms with van der Waals surface area (Å²) < 4.78 is 16.7. The monoisotopic (exact) mass is 325 g/mol. The Morgan fingerprint density at radius 3 is 2.70 bits per heavy atom. The predicted molar refractivity (Wildman–Crippen MR) is 87.2 cm³/mol. The molecule has 2 heterocycles. The number of hydrogen-bond acceptors (Lipinski definition) is 4. The van der Waals surface area contributed by atoms with Crippen molar-refractivity contribution in [2.75, 3.05) is 53.2 Å². The number of carbonyl (C=O) groups is 1. The number of likely N-dealkylation sites (tertiary alicyclic amines) is 1. The second kappa shape index (κ2) is 7.95. The summed E-state index contributed by atoms with van der Waals surface area (Å²) in [5.41, 5.74) is 0.319. The first-order chi connectivity index (χ1) is 11.2. The summed E-state index contributed by atoms with van der Waals surface area (Å²) in [6, 6.07) is 0. The summed E-state index contributed by atoms with van der Waals surface area (Å²) in [7, 11) is 1.65. The Labute approximate surface area is 139 Å². The second-order valence-electron chi connectivity index (χ2n) is 7.49. The van der Waals surface area contributed by atoms with Crippen LogP contribution >= 0.6 is 0 Å². The molecule has 1 saturated carbocycles. The maximum absolute atomic E-state index is 12.2. The zero-order chi connectivity index (χ0) is 16.1. The first-order valence-corrected chi connectivity index (χ1v) is 9.16. The van der Waals surface area contributed by atoms with Crippen molar-refractivity contribution >= 4 is 5.91 Å². The van der Waals surface area contributed by atoms with Gasteiger partial charge in [0.05, 0.1) is 26.2 Å². The van der Waals surface area contributed by atoms with Crippen molar-refractivity contribution in [2.24, 2.45) is 17.3 Å². The van der Waals surface area contributed by atoms with Gasteiger partial charge < -0.3 is 19.1 Å².